The SMILES string of the molecule is Cn1c(SCC(=O)N(C2CCCCC2)C2CCS(=O)(=O)C2)nnc1-c1ccc(Cl)cc1. The average molecular weight is 483 g/mol. The van der Waals surface area contributed by atoms with Crippen LogP contribution < -0.4 is 0 Å². The first-order valence-electron chi connectivity index (χ1n) is 10.6. The monoisotopic (exact) mass is 482 g/mol. The third-order valence-electron chi connectivity index (χ3n) is 6.12. The molecule has 168 valence electrons. The molecule has 1 aliphatic heterocycles. The van der Waals surface area contributed by atoms with Crippen molar-refractivity contribution in [3.8, 4) is 11.4 Å². The van der Waals surface area contributed by atoms with Crippen molar-refractivity contribution in [2.24, 2.45) is 7.05 Å². The molecule has 1 saturated carbocycles. The number of amides is 1. The highest BCUT2D eigenvalue weighted by Crippen LogP contribution is 2.30. The summed E-state index contributed by atoms with van der Waals surface area (Å²) in [5, 5.41) is 9.83. The highest BCUT2D eigenvalue weighted by molar-refractivity contribution is 7.99. The van der Waals surface area contributed by atoms with Crippen LogP contribution >= 0.6 is 23.4 Å². The number of thioether (sulfide) groups is 1. The highest BCUT2D eigenvalue weighted by Gasteiger charge is 2.38. The smallest absolute Gasteiger partial charge is 0.233 e. The summed E-state index contributed by atoms with van der Waals surface area (Å²) >= 11 is 7.31. The summed E-state index contributed by atoms with van der Waals surface area (Å²) in [6.45, 7) is 0. The molecule has 1 atom stereocenters. The Hall–Kier alpha value is -1.58. The van der Waals surface area contributed by atoms with Crippen molar-refractivity contribution in [3.05, 3.63) is 29.3 Å². The molecule has 1 aliphatic carbocycles. The maximum atomic E-state index is 13.3. The number of aromatic nitrogens is 3. The van der Waals surface area contributed by atoms with Crippen molar-refractivity contribution >= 4 is 39.1 Å². The van der Waals surface area contributed by atoms with E-state index in [0.29, 0.717) is 22.4 Å². The van der Waals surface area contributed by atoms with Gasteiger partial charge in [-0.15, -0.1) is 10.2 Å². The second-order valence-corrected chi connectivity index (χ2v) is 11.9. The molecule has 1 unspecified atom stereocenters. The Kier molecular flexibility index (Phi) is 6.93. The van der Waals surface area contributed by atoms with Gasteiger partial charge in [-0.25, -0.2) is 8.42 Å². The van der Waals surface area contributed by atoms with Crippen molar-refractivity contribution in [2.75, 3.05) is 17.3 Å². The Morgan fingerprint density at radius 3 is 2.48 bits per heavy atom. The third kappa shape index (κ3) is 5.26. The van der Waals surface area contributed by atoms with Gasteiger partial charge in [-0.05, 0) is 43.5 Å². The topological polar surface area (TPSA) is 85.2 Å². The zero-order valence-electron chi connectivity index (χ0n) is 17.5. The molecule has 0 spiro atoms. The number of sulfone groups is 1. The fourth-order valence-corrected chi connectivity index (χ4v) is 7.17. The summed E-state index contributed by atoms with van der Waals surface area (Å²) in [6, 6.07) is 7.32. The highest BCUT2D eigenvalue weighted by atomic mass is 35.5. The standard InChI is InChI=1S/C21H27ClN4O3S2/c1-25-20(15-7-9-16(22)10-8-15)23-24-21(25)30-13-19(27)26(17-5-3-2-4-6-17)18-11-12-31(28,29)14-18/h7-10,17-18H,2-6,11-14H2,1H3. The quantitative estimate of drug-likeness (QED) is 0.585. The van der Waals surface area contributed by atoms with E-state index in [-0.39, 0.29) is 35.2 Å². The normalized spacial score (nSPS) is 21.3. The van der Waals surface area contributed by atoms with Crippen LogP contribution in [0.5, 0.6) is 0 Å². The van der Waals surface area contributed by atoms with Crippen LogP contribution in [0.4, 0.5) is 0 Å². The zero-order valence-corrected chi connectivity index (χ0v) is 19.9. The van der Waals surface area contributed by atoms with Gasteiger partial charge in [0.25, 0.3) is 0 Å². The Morgan fingerprint density at radius 2 is 1.84 bits per heavy atom. The number of carbonyl (C=O) groups excluding carboxylic acids is 1. The lowest BCUT2D eigenvalue weighted by Crippen LogP contribution is -2.49. The molecule has 0 radical (unpaired) electrons. The number of rotatable bonds is 6. The van der Waals surface area contributed by atoms with Gasteiger partial charge < -0.3 is 9.47 Å². The first-order valence-corrected chi connectivity index (χ1v) is 13.8. The van der Waals surface area contributed by atoms with Gasteiger partial charge in [0.2, 0.25) is 5.91 Å². The predicted octanol–water partition coefficient (Wildman–Crippen LogP) is 3.58. The van der Waals surface area contributed by atoms with Gasteiger partial charge in [0.05, 0.1) is 17.3 Å². The van der Waals surface area contributed by atoms with Gasteiger partial charge in [-0.2, -0.15) is 0 Å². The van der Waals surface area contributed by atoms with Gasteiger partial charge in [0.1, 0.15) is 0 Å². The average Bonchev–Trinajstić information content (AvgIpc) is 3.30. The van der Waals surface area contributed by atoms with Crippen molar-refractivity contribution in [3.63, 3.8) is 0 Å². The van der Waals surface area contributed by atoms with Crippen LogP contribution in [0, 0.1) is 0 Å². The lowest BCUT2D eigenvalue weighted by atomic mass is 9.93. The maximum absolute atomic E-state index is 13.3. The van der Waals surface area contributed by atoms with E-state index < -0.39 is 9.84 Å². The van der Waals surface area contributed by atoms with Crippen LogP contribution in [-0.4, -0.2) is 63.3 Å². The number of benzene rings is 1. The third-order valence-corrected chi connectivity index (χ3v) is 9.13. The molecule has 1 aromatic heterocycles. The molecule has 4 rings (SSSR count). The fourth-order valence-electron chi connectivity index (χ4n) is 4.55. The molecular weight excluding hydrogens is 456 g/mol. The molecule has 2 aliphatic rings. The Labute approximate surface area is 192 Å². The summed E-state index contributed by atoms with van der Waals surface area (Å²) in [5.41, 5.74) is 0.901. The van der Waals surface area contributed by atoms with Crippen molar-refractivity contribution in [1.29, 1.82) is 0 Å². The summed E-state index contributed by atoms with van der Waals surface area (Å²) in [6.07, 6.45) is 5.82. The van der Waals surface area contributed by atoms with Gasteiger partial charge in [-0.3, -0.25) is 4.79 Å². The molecule has 0 bridgehead atoms. The van der Waals surface area contributed by atoms with Crippen LogP contribution in [0.15, 0.2) is 29.4 Å². The molecular formula is C21H27ClN4O3S2. The minimum Gasteiger partial charge on any atom is -0.335 e. The second kappa shape index (κ2) is 9.50. The largest absolute Gasteiger partial charge is 0.335 e. The number of hydrogen-bond donors (Lipinski definition) is 0. The van der Waals surface area contributed by atoms with Crippen LogP contribution in [0.2, 0.25) is 5.02 Å². The minimum atomic E-state index is -3.05. The number of nitrogens with zero attached hydrogens (tertiary/aromatic N) is 4. The molecule has 2 aromatic rings. The van der Waals surface area contributed by atoms with Gasteiger partial charge in [-0.1, -0.05) is 42.6 Å². The van der Waals surface area contributed by atoms with Crippen molar-refractivity contribution < 1.29 is 13.2 Å². The first-order chi connectivity index (χ1) is 14.8. The summed E-state index contributed by atoms with van der Waals surface area (Å²) in [7, 11) is -1.18. The van der Waals surface area contributed by atoms with E-state index in [0.717, 1.165) is 31.2 Å². The van der Waals surface area contributed by atoms with Crippen LogP contribution in [0.1, 0.15) is 38.5 Å². The number of hydrogen-bond acceptors (Lipinski definition) is 6. The van der Waals surface area contributed by atoms with E-state index >= 15 is 0 Å². The molecule has 31 heavy (non-hydrogen) atoms. The molecule has 2 fully saturated rings. The Bertz CT molecular complexity index is 1030. The van der Waals surface area contributed by atoms with E-state index in [9.17, 15) is 13.2 Å². The molecule has 1 saturated heterocycles. The lowest BCUT2D eigenvalue weighted by molar-refractivity contribution is -0.133. The molecule has 7 nitrogen and oxygen atoms in total. The van der Waals surface area contributed by atoms with Crippen LogP contribution in [-0.2, 0) is 21.7 Å². The Balaban J connectivity index is 1.47. The van der Waals surface area contributed by atoms with E-state index in [1.165, 1.54) is 18.2 Å². The molecule has 1 amide bonds. The first kappa shape index (κ1) is 22.6. The maximum Gasteiger partial charge on any atom is 0.233 e. The molecule has 2 heterocycles. The van der Waals surface area contributed by atoms with Crippen molar-refractivity contribution in [1.82, 2.24) is 19.7 Å². The van der Waals surface area contributed by atoms with Crippen LogP contribution in [0.3, 0.4) is 0 Å². The molecule has 10 heteroatoms. The molecule has 0 N–H and O–H groups in total. The second-order valence-electron chi connectivity index (χ2n) is 8.31. The van der Waals surface area contributed by atoms with Gasteiger partial charge >= 0.3 is 0 Å². The van der Waals surface area contributed by atoms with Gasteiger partial charge in [0.15, 0.2) is 20.8 Å². The minimum absolute atomic E-state index is 0.00459. The van der Waals surface area contributed by atoms with Crippen LogP contribution in [0.25, 0.3) is 11.4 Å². The van der Waals surface area contributed by atoms with E-state index in [1.54, 1.807) is 12.1 Å². The Morgan fingerprint density at radius 1 is 1.13 bits per heavy atom. The van der Waals surface area contributed by atoms with Gasteiger partial charge in [0, 0.05) is 29.7 Å². The summed E-state index contributed by atoms with van der Waals surface area (Å²) < 4.78 is 26.0. The molecule has 1 aromatic carbocycles. The predicted molar refractivity (Wildman–Crippen MR) is 123 cm³/mol. The zero-order chi connectivity index (χ0) is 22.0. The fraction of sp³-hybridized carbons (Fsp3) is 0.571. The summed E-state index contributed by atoms with van der Waals surface area (Å²) in [5.74, 6) is 1.19. The van der Waals surface area contributed by atoms with Crippen molar-refractivity contribution in [2.45, 2.75) is 55.8 Å². The lowest BCUT2D eigenvalue weighted by Gasteiger charge is -2.38. The van der Waals surface area contributed by atoms with E-state index in [1.807, 2.05) is 28.6 Å². The van der Waals surface area contributed by atoms with E-state index in [2.05, 4.69) is 10.2 Å². The number of halogens is 1. The number of carbonyl (C=O) groups is 1. The summed E-state index contributed by atoms with van der Waals surface area (Å²) in [4.78, 5) is 15.2. The van der Waals surface area contributed by atoms with E-state index in [4.69, 9.17) is 11.6 Å².